The van der Waals surface area contributed by atoms with Crippen LogP contribution in [0, 0.1) is 0 Å². The molecule has 2 saturated heterocycles. The zero-order chi connectivity index (χ0) is 24.4. The minimum atomic E-state index is -0.758. The topological polar surface area (TPSA) is 160 Å². The normalized spacial score (nSPS) is 20.3. The quantitative estimate of drug-likeness (QED) is 0.428. The number of hydrogen-bond acceptors (Lipinski definition) is 11. The summed E-state index contributed by atoms with van der Waals surface area (Å²) in [5.41, 5.74) is 6.21. The second-order valence-corrected chi connectivity index (χ2v) is 8.77. The number of amides is 1. The highest BCUT2D eigenvalue weighted by atomic mass is 16.5. The molecule has 13 nitrogen and oxygen atoms in total. The fraction of sp³-hybridized carbons (Fsp3) is 0.455. The smallest absolute Gasteiger partial charge is 0.289 e. The van der Waals surface area contributed by atoms with Crippen LogP contribution < -0.4 is 16.0 Å². The van der Waals surface area contributed by atoms with Gasteiger partial charge in [-0.2, -0.15) is 4.98 Å². The summed E-state index contributed by atoms with van der Waals surface area (Å²) in [7, 11) is 1.78. The van der Waals surface area contributed by atoms with Crippen LogP contribution in [0.4, 0.5) is 17.7 Å². The van der Waals surface area contributed by atoms with Gasteiger partial charge in [-0.3, -0.25) is 4.79 Å². The largest absolute Gasteiger partial charge is 0.394 e. The van der Waals surface area contributed by atoms with Crippen molar-refractivity contribution >= 4 is 23.6 Å². The van der Waals surface area contributed by atoms with Gasteiger partial charge in [-0.1, -0.05) is 0 Å². The van der Waals surface area contributed by atoms with E-state index < -0.39 is 5.54 Å². The molecule has 0 unspecified atom stereocenters. The monoisotopic (exact) mass is 480 g/mol. The van der Waals surface area contributed by atoms with Gasteiger partial charge in [0.2, 0.25) is 11.9 Å². The Morgan fingerprint density at radius 2 is 1.97 bits per heavy atom. The molecule has 2 fully saturated rings. The van der Waals surface area contributed by atoms with Crippen molar-refractivity contribution < 1.29 is 14.6 Å². The maximum atomic E-state index is 13.0. The summed E-state index contributed by atoms with van der Waals surface area (Å²) in [6, 6.07) is 1.79. The zero-order valence-corrected chi connectivity index (χ0v) is 19.5. The molecule has 1 atom stereocenters. The summed E-state index contributed by atoms with van der Waals surface area (Å²) in [5.74, 6) is 1.44. The number of nitrogens with two attached hydrogens (primary N) is 1. The van der Waals surface area contributed by atoms with E-state index in [0.717, 1.165) is 0 Å². The molecule has 3 aromatic heterocycles. The number of likely N-dealkylation sites (tertiary alicyclic amines) is 1. The molecule has 0 spiro atoms. The van der Waals surface area contributed by atoms with Gasteiger partial charge in [0.05, 0.1) is 31.1 Å². The number of rotatable bonds is 6. The van der Waals surface area contributed by atoms with Crippen molar-refractivity contribution in [1.82, 2.24) is 34.4 Å². The first-order valence-electron chi connectivity index (χ1n) is 11.4. The summed E-state index contributed by atoms with van der Waals surface area (Å²) in [6.07, 6.45) is 7.11. The lowest BCUT2D eigenvalue weighted by atomic mass is 10.00. The van der Waals surface area contributed by atoms with Crippen LogP contribution in [0.2, 0.25) is 0 Å². The Bertz CT molecular complexity index is 1190. The number of carbonyl (C=O) groups is 1. The third-order valence-corrected chi connectivity index (χ3v) is 6.33. The summed E-state index contributed by atoms with van der Waals surface area (Å²) in [5, 5.41) is 13.8. The predicted octanol–water partition coefficient (Wildman–Crippen LogP) is -0.225. The maximum absolute atomic E-state index is 13.0. The number of nitrogens with zero attached hydrogens (tertiary/aromatic N) is 8. The molecule has 3 aromatic rings. The lowest BCUT2D eigenvalue weighted by molar-refractivity contribution is 0.0763. The van der Waals surface area contributed by atoms with E-state index >= 15 is 0 Å². The number of aliphatic hydroxyl groups excluding tert-OH is 1. The highest BCUT2D eigenvalue weighted by Gasteiger charge is 2.41. The molecule has 4 N–H and O–H groups in total. The zero-order valence-electron chi connectivity index (χ0n) is 19.5. The Morgan fingerprint density at radius 3 is 2.66 bits per heavy atom. The van der Waals surface area contributed by atoms with Crippen LogP contribution in [0.5, 0.6) is 0 Å². The van der Waals surface area contributed by atoms with E-state index in [1.165, 1.54) is 0 Å². The minimum Gasteiger partial charge on any atom is -0.394 e. The van der Waals surface area contributed by atoms with E-state index in [0.29, 0.717) is 74.7 Å². The number of imidazole rings is 1. The van der Waals surface area contributed by atoms with Gasteiger partial charge < -0.3 is 35.3 Å². The number of nitrogen functional groups attached to an aromatic ring is 1. The summed E-state index contributed by atoms with van der Waals surface area (Å²) < 4.78 is 7.16. The lowest BCUT2D eigenvalue weighted by Crippen LogP contribution is -2.46. The molecule has 2 aliphatic heterocycles. The number of anilines is 3. The number of nitrogens with one attached hydrogen (secondary N) is 1. The Labute approximate surface area is 202 Å². The maximum Gasteiger partial charge on any atom is 0.289 e. The van der Waals surface area contributed by atoms with Gasteiger partial charge in [-0.25, -0.2) is 19.9 Å². The molecule has 0 saturated carbocycles. The summed E-state index contributed by atoms with van der Waals surface area (Å²) >= 11 is 0. The average Bonchev–Trinajstić information content (AvgIpc) is 3.51. The van der Waals surface area contributed by atoms with Crippen LogP contribution >= 0.6 is 0 Å². The molecule has 0 aromatic carbocycles. The number of aliphatic hydroxyl groups is 1. The van der Waals surface area contributed by atoms with Gasteiger partial charge in [-0.15, -0.1) is 0 Å². The molecular weight excluding hydrogens is 452 g/mol. The van der Waals surface area contributed by atoms with E-state index in [9.17, 15) is 9.90 Å². The Morgan fingerprint density at radius 1 is 1.20 bits per heavy atom. The van der Waals surface area contributed by atoms with E-state index in [1.807, 2.05) is 4.90 Å². The van der Waals surface area contributed by atoms with Gasteiger partial charge in [0.1, 0.15) is 5.82 Å². The molecule has 1 amide bonds. The molecule has 2 aliphatic rings. The van der Waals surface area contributed by atoms with E-state index in [1.54, 1.807) is 47.4 Å². The Hall–Kier alpha value is -3.84. The van der Waals surface area contributed by atoms with Gasteiger partial charge in [-0.05, 0) is 6.42 Å². The second kappa shape index (κ2) is 9.43. The first-order chi connectivity index (χ1) is 17.0. The third kappa shape index (κ3) is 4.72. The van der Waals surface area contributed by atoms with Crippen LogP contribution in [0.15, 0.2) is 30.9 Å². The Kier molecular flexibility index (Phi) is 6.17. The molecule has 5 heterocycles. The van der Waals surface area contributed by atoms with Crippen LogP contribution in [0.1, 0.15) is 17.0 Å². The fourth-order valence-corrected chi connectivity index (χ4v) is 4.32. The number of ether oxygens (including phenoxy) is 1. The number of aryl methyl sites for hydroxylation is 1. The number of morpholine rings is 1. The second-order valence-electron chi connectivity index (χ2n) is 8.77. The van der Waals surface area contributed by atoms with Crippen molar-refractivity contribution in [3.8, 4) is 11.3 Å². The summed E-state index contributed by atoms with van der Waals surface area (Å²) in [4.78, 5) is 38.5. The van der Waals surface area contributed by atoms with Crippen molar-refractivity contribution in [1.29, 1.82) is 0 Å². The Balaban J connectivity index is 1.43. The molecule has 5 rings (SSSR count). The molecule has 35 heavy (non-hydrogen) atoms. The lowest BCUT2D eigenvalue weighted by Gasteiger charge is -2.31. The molecule has 13 heteroatoms. The first-order valence-corrected chi connectivity index (χ1v) is 11.4. The molecule has 184 valence electrons. The van der Waals surface area contributed by atoms with E-state index in [-0.39, 0.29) is 18.5 Å². The van der Waals surface area contributed by atoms with E-state index in [2.05, 4.69) is 20.3 Å². The van der Waals surface area contributed by atoms with Crippen LogP contribution in [-0.2, 0) is 11.8 Å². The van der Waals surface area contributed by atoms with Crippen LogP contribution in [0.25, 0.3) is 11.3 Å². The molecule has 0 radical (unpaired) electrons. The molecule has 0 bridgehead atoms. The van der Waals surface area contributed by atoms with E-state index in [4.69, 9.17) is 20.4 Å². The number of hydrogen-bond donors (Lipinski definition) is 3. The fourth-order valence-electron chi connectivity index (χ4n) is 4.32. The highest BCUT2D eigenvalue weighted by Crippen LogP contribution is 2.29. The molecule has 0 aliphatic carbocycles. The van der Waals surface area contributed by atoms with Crippen LogP contribution in [-0.4, -0.2) is 96.9 Å². The number of carbonyl (C=O) groups excluding carboxylic acids is 1. The standard InChI is InChI=1S/C22H28N10O3/c1-30-5-3-24-18(30)19(34)32-4-2-22(13-32,14-33)29-17-10-16(15-11-25-20(23)26-12-15)27-21(28-17)31-6-8-35-9-7-31/h3,5,10-12,33H,2,4,6-9,13-14H2,1H3,(H2,23,25,26)(H,27,28,29)/t22-/m0/s1. The van der Waals surface area contributed by atoms with Gasteiger partial charge in [0.25, 0.3) is 5.91 Å². The van der Waals surface area contributed by atoms with Crippen LogP contribution in [0.3, 0.4) is 0 Å². The highest BCUT2D eigenvalue weighted by molar-refractivity contribution is 5.91. The van der Waals surface area contributed by atoms with Crippen molar-refractivity contribution in [2.75, 3.05) is 62.0 Å². The predicted molar refractivity (Wildman–Crippen MR) is 128 cm³/mol. The average molecular weight is 481 g/mol. The molecular formula is C22H28N10O3. The SMILES string of the molecule is Cn1ccnc1C(=O)N1CC[C@](CO)(Nc2cc(-c3cnc(N)nc3)nc(N3CCOCC3)n2)C1. The third-order valence-electron chi connectivity index (χ3n) is 6.33. The minimum absolute atomic E-state index is 0.172. The van der Waals surface area contributed by atoms with Gasteiger partial charge >= 0.3 is 0 Å². The van der Waals surface area contributed by atoms with Gasteiger partial charge in [0.15, 0.2) is 5.82 Å². The number of aromatic nitrogens is 6. The first kappa shape index (κ1) is 22.9. The summed E-state index contributed by atoms with van der Waals surface area (Å²) in [6.45, 7) is 3.13. The van der Waals surface area contributed by atoms with Crippen molar-refractivity contribution in [2.45, 2.75) is 12.0 Å². The van der Waals surface area contributed by atoms with Gasteiger partial charge in [0, 0.05) is 69.6 Å². The van der Waals surface area contributed by atoms with Crippen molar-refractivity contribution in [2.24, 2.45) is 7.05 Å². The van der Waals surface area contributed by atoms with Crippen molar-refractivity contribution in [3.63, 3.8) is 0 Å². The van der Waals surface area contributed by atoms with Crippen molar-refractivity contribution in [3.05, 3.63) is 36.7 Å².